The van der Waals surface area contributed by atoms with Crippen LogP contribution in [-0.2, 0) is 4.79 Å². The van der Waals surface area contributed by atoms with Gasteiger partial charge in [-0.1, -0.05) is 6.08 Å². The molecule has 0 unspecified atom stereocenters. The van der Waals surface area contributed by atoms with E-state index in [2.05, 4.69) is 5.32 Å². The Hall–Kier alpha value is -2.30. The number of carbonyl (C=O) groups is 2. The van der Waals surface area contributed by atoms with Gasteiger partial charge < -0.3 is 15.5 Å². The maximum atomic E-state index is 11.2. The molecule has 0 saturated heterocycles. The average Bonchev–Trinajstić information content (AvgIpc) is 2.21. The van der Waals surface area contributed by atoms with E-state index in [-0.39, 0.29) is 17.2 Å². The Labute approximate surface area is 92.0 Å². The molecule has 0 radical (unpaired) electrons. The number of phenols is 1. The van der Waals surface area contributed by atoms with Crippen molar-refractivity contribution in [1.82, 2.24) is 0 Å². The number of carbonyl (C=O) groups excluding carboxylic acids is 1. The maximum absolute atomic E-state index is 11.2. The van der Waals surface area contributed by atoms with Gasteiger partial charge in [-0.3, -0.25) is 4.79 Å². The van der Waals surface area contributed by atoms with E-state index in [1.165, 1.54) is 24.3 Å². The highest BCUT2D eigenvalue weighted by Gasteiger charge is 2.10. The predicted molar refractivity (Wildman–Crippen MR) is 58.5 cm³/mol. The summed E-state index contributed by atoms with van der Waals surface area (Å²) in [6.45, 7) is 1.69. The van der Waals surface area contributed by atoms with Crippen LogP contribution in [0.25, 0.3) is 0 Å². The van der Waals surface area contributed by atoms with Gasteiger partial charge in [0.05, 0.1) is 0 Å². The van der Waals surface area contributed by atoms with Gasteiger partial charge >= 0.3 is 5.97 Å². The number of amides is 1. The van der Waals surface area contributed by atoms with Crippen molar-refractivity contribution in [2.45, 2.75) is 6.92 Å². The highest BCUT2D eigenvalue weighted by molar-refractivity contribution is 6.00. The summed E-state index contributed by atoms with van der Waals surface area (Å²) in [6, 6.07) is 3.83. The molecule has 16 heavy (non-hydrogen) atoms. The van der Waals surface area contributed by atoms with Gasteiger partial charge in [-0.25, -0.2) is 4.79 Å². The van der Waals surface area contributed by atoms with Crippen LogP contribution in [-0.4, -0.2) is 22.1 Å². The lowest BCUT2D eigenvalue weighted by Gasteiger charge is -2.04. The van der Waals surface area contributed by atoms with E-state index in [0.717, 1.165) is 0 Å². The number of allylic oxidation sites excluding steroid dienone is 1. The Morgan fingerprint density at radius 1 is 1.38 bits per heavy atom. The smallest absolute Gasteiger partial charge is 0.339 e. The number of aromatic carboxylic acids is 1. The molecule has 1 rings (SSSR count). The highest BCUT2D eigenvalue weighted by atomic mass is 16.4. The summed E-state index contributed by atoms with van der Waals surface area (Å²) in [4.78, 5) is 21.9. The summed E-state index contributed by atoms with van der Waals surface area (Å²) in [6.07, 6.45) is 2.88. The number of nitrogens with one attached hydrogen (secondary N) is 1. The number of hydrogen-bond acceptors (Lipinski definition) is 3. The normalized spacial score (nSPS) is 10.3. The molecule has 5 heteroatoms. The second-order valence-corrected chi connectivity index (χ2v) is 3.03. The molecule has 84 valence electrons. The molecule has 0 bridgehead atoms. The summed E-state index contributed by atoms with van der Waals surface area (Å²) in [5.74, 6) is -1.94. The third-order valence-electron chi connectivity index (χ3n) is 1.81. The topological polar surface area (TPSA) is 86.6 Å². The number of carboxylic acids is 1. The first-order valence-corrected chi connectivity index (χ1v) is 4.54. The summed E-state index contributed by atoms with van der Waals surface area (Å²) < 4.78 is 0. The summed E-state index contributed by atoms with van der Waals surface area (Å²) >= 11 is 0. The number of rotatable bonds is 3. The summed E-state index contributed by atoms with van der Waals surface area (Å²) in [5, 5.41) is 20.4. The molecular weight excluding hydrogens is 210 g/mol. The van der Waals surface area contributed by atoms with Crippen molar-refractivity contribution in [3.05, 3.63) is 35.9 Å². The molecule has 1 aromatic carbocycles. The van der Waals surface area contributed by atoms with E-state index in [1.54, 1.807) is 13.0 Å². The lowest BCUT2D eigenvalue weighted by molar-refractivity contribution is -0.111. The molecule has 0 atom stereocenters. The highest BCUT2D eigenvalue weighted by Crippen LogP contribution is 2.21. The molecule has 0 aliphatic rings. The van der Waals surface area contributed by atoms with E-state index in [0.29, 0.717) is 5.69 Å². The Morgan fingerprint density at radius 3 is 2.62 bits per heavy atom. The molecule has 0 spiro atoms. The van der Waals surface area contributed by atoms with Gasteiger partial charge in [0, 0.05) is 5.69 Å². The fourth-order valence-corrected chi connectivity index (χ4v) is 1.12. The van der Waals surface area contributed by atoms with Crippen LogP contribution >= 0.6 is 0 Å². The zero-order valence-electron chi connectivity index (χ0n) is 8.60. The molecule has 0 fully saturated rings. The first-order chi connectivity index (χ1) is 7.54. The van der Waals surface area contributed by atoms with E-state index >= 15 is 0 Å². The Balaban J connectivity index is 2.95. The first-order valence-electron chi connectivity index (χ1n) is 4.54. The quantitative estimate of drug-likeness (QED) is 0.534. The number of anilines is 1. The minimum Gasteiger partial charge on any atom is -0.507 e. The second kappa shape index (κ2) is 4.97. The van der Waals surface area contributed by atoms with Gasteiger partial charge in [-0.2, -0.15) is 0 Å². The maximum Gasteiger partial charge on any atom is 0.339 e. The third kappa shape index (κ3) is 2.84. The van der Waals surface area contributed by atoms with E-state index in [4.69, 9.17) is 5.11 Å². The van der Waals surface area contributed by atoms with Gasteiger partial charge in [0.15, 0.2) is 0 Å². The number of benzene rings is 1. The molecule has 0 aliphatic carbocycles. The first kappa shape index (κ1) is 11.8. The van der Waals surface area contributed by atoms with Crippen LogP contribution in [0.15, 0.2) is 30.4 Å². The molecule has 0 heterocycles. The van der Waals surface area contributed by atoms with Crippen molar-refractivity contribution in [3.8, 4) is 5.75 Å². The van der Waals surface area contributed by atoms with Crippen molar-refractivity contribution in [2.75, 3.05) is 5.32 Å². The predicted octanol–water partition coefficient (Wildman–Crippen LogP) is 1.60. The minimum atomic E-state index is -1.25. The van der Waals surface area contributed by atoms with E-state index < -0.39 is 5.97 Å². The van der Waals surface area contributed by atoms with Crippen LogP contribution in [0.1, 0.15) is 17.3 Å². The molecule has 0 aromatic heterocycles. The van der Waals surface area contributed by atoms with Gasteiger partial charge in [0.1, 0.15) is 11.3 Å². The lowest BCUT2D eigenvalue weighted by atomic mass is 10.2. The number of aromatic hydroxyl groups is 1. The fourth-order valence-electron chi connectivity index (χ4n) is 1.12. The van der Waals surface area contributed by atoms with Crippen LogP contribution < -0.4 is 5.32 Å². The van der Waals surface area contributed by atoms with Gasteiger partial charge in [0.25, 0.3) is 0 Å². The summed E-state index contributed by atoms with van der Waals surface area (Å²) in [7, 11) is 0. The minimum absolute atomic E-state index is 0.252. The molecule has 0 aliphatic heterocycles. The van der Waals surface area contributed by atoms with E-state index in [1.807, 2.05) is 0 Å². The summed E-state index contributed by atoms with van der Waals surface area (Å²) in [5.41, 5.74) is 0.0663. The zero-order chi connectivity index (χ0) is 12.1. The van der Waals surface area contributed by atoms with Gasteiger partial charge in [-0.15, -0.1) is 0 Å². The number of carboxylic acid groups (broad SMARTS) is 1. The molecule has 1 amide bonds. The van der Waals surface area contributed by atoms with Crippen molar-refractivity contribution in [1.29, 1.82) is 0 Å². The van der Waals surface area contributed by atoms with Crippen LogP contribution in [0.5, 0.6) is 5.75 Å². The molecular formula is C11H11NO4. The van der Waals surface area contributed by atoms with Crippen LogP contribution in [0, 0.1) is 0 Å². The fraction of sp³-hybridized carbons (Fsp3) is 0.0909. The van der Waals surface area contributed by atoms with Crippen LogP contribution in [0.2, 0.25) is 0 Å². The monoisotopic (exact) mass is 221 g/mol. The van der Waals surface area contributed by atoms with Gasteiger partial charge in [0.2, 0.25) is 5.91 Å². The lowest BCUT2D eigenvalue weighted by Crippen LogP contribution is -2.08. The van der Waals surface area contributed by atoms with Crippen molar-refractivity contribution in [3.63, 3.8) is 0 Å². The molecule has 3 N–H and O–H groups in total. The van der Waals surface area contributed by atoms with Crippen molar-refractivity contribution in [2.24, 2.45) is 0 Å². The van der Waals surface area contributed by atoms with Crippen LogP contribution in [0.4, 0.5) is 5.69 Å². The van der Waals surface area contributed by atoms with Crippen molar-refractivity contribution < 1.29 is 19.8 Å². The Kier molecular flexibility index (Phi) is 3.66. The number of hydrogen-bond donors (Lipinski definition) is 3. The Bertz CT molecular complexity index is 451. The van der Waals surface area contributed by atoms with Crippen molar-refractivity contribution >= 4 is 17.6 Å². The third-order valence-corrected chi connectivity index (χ3v) is 1.81. The average molecular weight is 221 g/mol. The van der Waals surface area contributed by atoms with Gasteiger partial charge in [-0.05, 0) is 31.2 Å². The SMILES string of the molecule is CC=CC(=O)Nc1ccc(O)c(C(=O)O)c1. The second-order valence-electron chi connectivity index (χ2n) is 3.03. The Morgan fingerprint density at radius 2 is 2.06 bits per heavy atom. The molecule has 5 nitrogen and oxygen atoms in total. The largest absolute Gasteiger partial charge is 0.507 e. The molecule has 0 saturated carbocycles. The van der Waals surface area contributed by atoms with E-state index in [9.17, 15) is 14.7 Å². The molecule has 1 aromatic rings. The standard InChI is InChI=1S/C11H11NO4/c1-2-3-10(14)12-7-4-5-9(13)8(6-7)11(15)16/h2-6,13H,1H3,(H,12,14)(H,15,16). The van der Waals surface area contributed by atoms with Crippen LogP contribution in [0.3, 0.4) is 0 Å². The zero-order valence-corrected chi connectivity index (χ0v) is 8.60.